The monoisotopic (exact) mass is 705 g/mol. The number of hydrogen-bond acceptors (Lipinski definition) is 7. The van der Waals surface area contributed by atoms with Crippen molar-refractivity contribution < 1.29 is 33.8 Å². The molecule has 1 aromatic heterocycles. The number of phenols is 2. The molecule has 0 saturated heterocycles. The van der Waals surface area contributed by atoms with Gasteiger partial charge in [0.2, 0.25) is 5.91 Å². The molecule has 0 saturated carbocycles. The minimum Gasteiger partial charge on any atom is -0.506 e. The first-order valence-electron chi connectivity index (χ1n) is 11.1. The molecule has 10 heteroatoms. The van der Waals surface area contributed by atoms with E-state index >= 15 is 0 Å². The minimum atomic E-state index is -0.468. The Labute approximate surface area is 229 Å². The van der Waals surface area contributed by atoms with Gasteiger partial charge in [-0.2, -0.15) is 0 Å². The zero-order valence-electron chi connectivity index (χ0n) is 19.0. The van der Waals surface area contributed by atoms with Crippen molar-refractivity contribution in [3.05, 3.63) is 48.3 Å². The van der Waals surface area contributed by atoms with E-state index in [1.165, 1.54) is 12.1 Å². The summed E-state index contributed by atoms with van der Waals surface area (Å²) in [6.45, 7) is 1.96. The number of carbonyl (C=O) groups is 3. The van der Waals surface area contributed by atoms with Crippen molar-refractivity contribution in [3.8, 4) is 17.2 Å². The highest BCUT2D eigenvalue weighted by Gasteiger charge is 2.25. The van der Waals surface area contributed by atoms with E-state index in [2.05, 4.69) is 0 Å². The highest BCUT2D eigenvalue weighted by molar-refractivity contribution is 14.1. The molecule has 0 aliphatic rings. The molecular weight excluding hydrogens is 680 g/mol. The first kappa shape index (κ1) is 27.2. The van der Waals surface area contributed by atoms with Crippen molar-refractivity contribution in [2.45, 2.75) is 51.9 Å². The minimum absolute atomic E-state index is 0.0413. The van der Waals surface area contributed by atoms with Gasteiger partial charge in [-0.1, -0.05) is 13.3 Å². The number of halogens is 2. The Morgan fingerprint density at radius 2 is 1.69 bits per heavy atom. The van der Waals surface area contributed by atoms with E-state index in [1.54, 1.807) is 12.1 Å². The number of rotatable bonds is 11. The number of furan rings is 1. The van der Waals surface area contributed by atoms with E-state index in [0.29, 0.717) is 49.5 Å². The third kappa shape index (κ3) is 6.66. The van der Waals surface area contributed by atoms with Gasteiger partial charge in [0, 0.05) is 36.3 Å². The molecular formula is C25H25I2NO7. The maximum Gasteiger partial charge on any atom is 0.311 e. The van der Waals surface area contributed by atoms with Gasteiger partial charge in [-0.25, -0.2) is 0 Å². The fourth-order valence-electron chi connectivity index (χ4n) is 3.59. The van der Waals surface area contributed by atoms with Crippen LogP contribution < -0.4 is 10.5 Å². The number of hydrogen-bond donors (Lipinski definition) is 3. The second-order valence-electron chi connectivity index (χ2n) is 8.08. The number of benzene rings is 2. The van der Waals surface area contributed by atoms with E-state index in [0.717, 1.165) is 6.42 Å². The Bertz CT molecular complexity index is 1260. The lowest BCUT2D eigenvalue weighted by atomic mass is 9.97. The molecule has 0 aliphatic heterocycles. The number of esters is 1. The lowest BCUT2D eigenvalue weighted by molar-refractivity contribution is -0.134. The molecule has 0 bridgehead atoms. The Morgan fingerprint density at radius 3 is 2.31 bits per heavy atom. The summed E-state index contributed by atoms with van der Waals surface area (Å²) in [7, 11) is 0. The number of nitrogens with two attached hydrogens (primary N) is 1. The molecule has 0 spiro atoms. The lowest BCUT2D eigenvalue weighted by Crippen LogP contribution is -2.10. The van der Waals surface area contributed by atoms with Crippen molar-refractivity contribution >= 4 is 73.8 Å². The fourth-order valence-corrected chi connectivity index (χ4v) is 5.36. The normalized spacial score (nSPS) is 11.1. The van der Waals surface area contributed by atoms with Gasteiger partial charge in [0.05, 0.1) is 12.7 Å². The van der Waals surface area contributed by atoms with Gasteiger partial charge in [-0.15, -0.1) is 0 Å². The number of unbranched alkanes of at least 4 members (excludes halogenated alkanes) is 2. The molecule has 0 atom stereocenters. The Balaban J connectivity index is 2.04. The molecule has 8 nitrogen and oxygen atoms in total. The summed E-state index contributed by atoms with van der Waals surface area (Å²) < 4.78 is 12.4. The summed E-state index contributed by atoms with van der Waals surface area (Å²) in [5, 5.41) is 21.0. The molecule has 35 heavy (non-hydrogen) atoms. The van der Waals surface area contributed by atoms with Crippen molar-refractivity contribution in [2.24, 2.45) is 5.73 Å². The number of aryl methyl sites for hydroxylation is 1. The quantitative estimate of drug-likeness (QED) is 0.0779. The van der Waals surface area contributed by atoms with Crippen LogP contribution in [0.5, 0.6) is 17.2 Å². The molecule has 0 aliphatic carbocycles. The molecule has 4 N–H and O–H groups in total. The first-order chi connectivity index (χ1) is 16.6. The molecule has 0 fully saturated rings. The van der Waals surface area contributed by atoms with E-state index in [4.69, 9.17) is 14.9 Å². The van der Waals surface area contributed by atoms with E-state index in [1.807, 2.05) is 52.1 Å². The molecule has 3 aromatic rings. The molecule has 186 valence electrons. The molecule has 1 amide bonds. The van der Waals surface area contributed by atoms with E-state index in [9.17, 15) is 24.6 Å². The average Bonchev–Trinajstić information content (AvgIpc) is 3.14. The molecule has 0 radical (unpaired) electrons. The molecule has 2 aromatic carbocycles. The standard InChI is InChI=1S/C25H25I2NO7/c1-2-3-8-22(31)35-20-12-19-14(11-17(20)29)23(18(34-19)6-4-5-7-21(28)30)24(32)13-9-15(26)25(33)16(27)10-13/h9-12,29,33H,2-8H2,1H3,(H2,28,30). The summed E-state index contributed by atoms with van der Waals surface area (Å²) in [6, 6.07) is 5.93. The number of carbonyl (C=O) groups excluding carboxylic acids is 3. The topological polar surface area (TPSA) is 140 Å². The van der Waals surface area contributed by atoms with Crippen molar-refractivity contribution in [2.75, 3.05) is 0 Å². The van der Waals surface area contributed by atoms with Crippen LogP contribution in [0.25, 0.3) is 11.0 Å². The predicted molar refractivity (Wildman–Crippen MR) is 147 cm³/mol. The van der Waals surface area contributed by atoms with Gasteiger partial charge in [-0.05, 0) is 82.6 Å². The summed E-state index contributed by atoms with van der Waals surface area (Å²) in [5.74, 6) is -1.05. The second-order valence-corrected chi connectivity index (χ2v) is 10.4. The largest absolute Gasteiger partial charge is 0.506 e. The van der Waals surface area contributed by atoms with Crippen LogP contribution in [0.4, 0.5) is 0 Å². The SMILES string of the molecule is CCCCC(=O)Oc1cc2oc(CCCCC(N)=O)c(C(=O)c3cc(I)c(O)c(I)c3)c2cc1O. The maximum atomic E-state index is 13.6. The third-order valence-corrected chi connectivity index (χ3v) is 7.03. The Kier molecular flexibility index (Phi) is 9.39. The van der Waals surface area contributed by atoms with E-state index < -0.39 is 11.9 Å². The zero-order valence-corrected chi connectivity index (χ0v) is 23.3. The van der Waals surface area contributed by atoms with Gasteiger partial charge < -0.3 is 25.1 Å². The van der Waals surface area contributed by atoms with Crippen LogP contribution in [0.15, 0.2) is 28.7 Å². The number of aromatic hydroxyl groups is 2. The van der Waals surface area contributed by atoms with Gasteiger partial charge in [-0.3, -0.25) is 14.4 Å². The number of phenolic OH excluding ortho intramolecular Hbond substituents is 2. The molecule has 1 heterocycles. The number of amides is 1. The van der Waals surface area contributed by atoms with Crippen LogP contribution in [-0.2, 0) is 16.0 Å². The average molecular weight is 705 g/mol. The molecule has 3 rings (SSSR count). The predicted octanol–water partition coefficient (Wildman–Crippen LogP) is 5.58. The smallest absolute Gasteiger partial charge is 0.311 e. The summed E-state index contributed by atoms with van der Waals surface area (Å²) in [5.41, 5.74) is 6.14. The fraction of sp³-hybridized carbons (Fsp3) is 0.320. The van der Waals surface area contributed by atoms with Gasteiger partial charge in [0.15, 0.2) is 17.3 Å². The van der Waals surface area contributed by atoms with Gasteiger partial charge in [0.25, 0.3) is 0 Å². The maximum absolute atomic E-state index is 13.6. The number of fused-ring (bicyclic) bond motifs is 1. The number of ether oxygens (including phenoxy) is 1. The van der Waals surface area contributed by atoms with Crippen LogP contribution in [0, 0.1) is 7.14 Å². The van der Waals surface area contributed by atoms with Gasteiger partial charge in [0.1, 0.15) is 17.1 Å². The summed E-state index contributed by atoms with van der Waals surface area (Å²) in [4.78, 5) is 36.8. The van der Waals surface area contributed by atoms with Crippen LogP contribution >= 0.6 is 45.2 Å². The van der Waals surface area contributed by atoms with Crippen molar-refractivity contribution in [3.63, 3.8) is 0 Å². The summed E-state index contributed by atoms with van der Waals surface area (Å²) in [6.07, 6.45) is 3.38. The van der Waals surface area contributed by atoms with Crippen molar-refractivity contribution in [1.29, 1.82) is 0 Å². The Morgan fingerprint density at radius 1 is 1.00 bits per heavy atom. The van der Waals surface area contributed by atoms with Crippen LogP contribution in [0.2, 0.25) is 0 Å². The second kappa shape index (κ2) is 12.1. The number of ketones is 1. The molecule has 0 unspecified atom stereocenters. The highest BCUT2D eigenvalue weighted by Crippen LogP contribution is 2.38. The summed E-state index contributed by atoms with van der Waals surface area (Å²) >= 11 is 3.91. The third-order valence-electron chi connectivity index (χ3n) is 5.38. The van der Waals surface area contributed by atoms with Crippen LogP contribution in [0.1, 0.15) is 67.1 Å². The van der Waals surface area contributed by atoms with Crippen molar-refractivity contribution in [1.82, 2.24) is 0 Å². The van der Waals surface area contributed by atoms with Crippen LogP contribution in [0.3, 0.4) is 0 Å². The van der Waals surface area contributed by atoms with Crippen LogP contribution in [-0.4, -0.2) is 27.9 Å². The Hall–Kier alpha value is -2.35. The first-order valence-corrected chi connectivity index (χ1v) is 13.3. The highest BCUT2D eigenvalue weighted by atomic mass is 127. The van der Waals surface area contributed by atoms with E-state index in [-0.39, 0.29) is 47.0 Å². The zero-order chi connectivity index (χ0) is 25.7. The lowest BCUT2D eigenvalue weighted by Gasteiger charge is -2.08. The van der Waals surface area contributed by atoms with Gasteiger partial charge >= 0.3 is 5.97 Å². The number of primary amides is 1.